The molecule has 2 aromatic rings. The van der Waals surface area contributed by atoms with Crippen LogP contribution in [0.25, 0.3) is 0 Å². The molecular formula is C15H17ClN2O4S2. The van der Waals surface area contributed by atoms with Gasteiger partial charge in [-0.15, -0.1) is 0 Å². The zero-order chi connectivity index (χ0) is 17.8. The van der Waals surface area contributed by atoms with Crippen molar-refractivity contribution in [3.63, 3.8) is 0 Å². The molecule has 0 heterocycles. The molecule has 6 nitrogen and oxygen atoms in total. The molecular weight excluding hydrogens is 372 g/mol. The van der Waals surface area contributed by atoms with Gasteiger partial charge in [0.25, 0.3) is 10.0 Å². The van der Waals surface area contributed by atoms with E-state index in [1.54, 1.807) is 12.1 Å². The monoisotopic (exact) mass is 388 g/mol. The molecule has 0 fully saturated rings. The lowest BCUT2D eigenvalue weighted by molar-refractivity contribution is 0.581. The van der Waals surface area contributed by atoms with Crippen LogP contribution in [0.4, 0.5) is 5.69 Å². The Morgan fingerprint density at radius 2 is 1.54 bits per heavy atom. The maximum atomic E-state index is 12.3. The highest BCUT2D eigenvalue weighted by atomic mass is 35.5. The molecule has 2 aromatic carbocycles. The van der Waals surface area contributed by atoms with Gasteiger partial charge in [-0.05, 0) is 42.8 Å². The van der Waals surface area contributed by atoms with Gasteiger partial charge in [0.05, 0.1) is 9.92 Å². The van der Waals surface area contributed by atoms with Gasteiger partial charge in [-0.3, -0.25) is 4.72 Å². The quantitative estimate of drug-likeness (QED) is 0.762. The maximum Gasteiger partial charge on any atom is 0.263 e. The molecule has 0 spiro atoms. The summed E-state index contributed by atoms with van der Waals surface area (Å²) >= 11 is 5.90. The topological polar surface area (TPSA) is 92.3 Å². The number of hydrogen-bond acceptors (Lipinski definition) is 4. The summed E-state index contributed by atoms with van der Waals surface area (Å²) < 4.78 is 53.4. The molecule has 0 bridgehead atoms. The second-order valence-corrected chi connectivity index (χ2v) is 8.78. The summed E-state index contributed by atoms with van der Waals surface area (Å²) in [5.41, 5.74) is 0.240. The molecule has 24 heavy (non-hydrogen) atoms. The Morgan fingerprint density at radius 1 is 0.917 bits per heavy atom. The van der Waals surface area contributed by atoms with Crippen molar-refractivity contribution < 1.29 is 16.8 Å². The van der Waals surface area contributed by atoms with Crippen molar-refractivity contribution >= 4 is 37.3 Å². The third-order valence-electron chi connectivity index (χ3n) is 3.09. The average molecular weight is 389 g/mol. The zero-order valence-electron chi connectivity index (χ0n) is 12.9. The van der Waals surface area contributed by atoms with E-state index in [-0.39, 0.29) is 20.5 Å². The summed E-state index contributed by atoms with van der Waals surface area (Å²) in [5, 5.41) is 0.105. The number of benzene rings is 2. The van der Waals surface area contributed by atoms with Crippen molar-refractivity contribution in [2.45, 2.75) is 23.1 Å². The average Bonchev–Trinajstić information content (AvgIpc) is 2.53. The predicted molar refractivity (Wildman–Crippen MR) is 94.2 cm³/mol. The minimum atomic E-state index is -3.85. The van der Waals surface area contributed by atoms with Crippen molar-refractivity contribution in [1.82, 2.24) is 4.72 Å². The van der Waals surface area contributed by atoms with Crippen LogP contribution >= 0.6 is 11.6 Å². The van der Waals surface area contributed by atoms with Crippen molar-refractivity contribution in [1.29, 1.82) is 0 Å². The van der Waals surface area contributed by atoms with Gasteiger partial charge >= 0.3 is 0 Å². The number of anilines is 1. The largest absolute Gasteiger partial charge is 0.280 e. The fourth-order valence-electron chi connectivity index (χ4n) is 1.89. The van der Waals surface area contributed by atoms with Gasteiger partial charge in [-0.1, -0.05) is 30.7 Å². The third kappa shape index (κ3) is 4.47. The first-order valence-corrected chi connectivity index (χ1v) is 10.5. The van der Waals surface area contributed by atoms with Gasteiger partial charge in [0.1, 0.15) is 4.90 Å². The van der Waals surface area contributed by atoms with E-state index in [1.165, 1.54) is 36.4 Å². The van der Waals surface area contributed by atoms with Gasteiger partial charge in [0.2, 0.25) is 10.0 Å². The Kier molecular flexibility index (Phi) is 5.87. The Hall–Kier alpha value is -1.61. The van der Waals surface area contributed by atoms with Gasteiger partial charge in [-0.2, -0.15) is 0 Å². The number of sulfonamides is 2. The Bertz CT molecular complexity index is 911. The van der Waals surface area contributed by atoms with E-state index in [2.05, 4.69) is 9.44 Å². The molecule has 0 amide bonds. The highest BCUT2D eigenvalue weighted by Gasteiger charge is 2.18. The lowest BCUT2D eigenvalue weighted by atomic mass is 10.3. The predicted octanol–water partition coefficient (Wildman–Crippen LogP) is 2.83. The number of nitrogens with one attached hydrogen (secondary N) is 2. The summed E-state index contributed by atoms with van der Waals surface area (Å²) in [6.07, 6.45) is 0.676. The van der Waals surface area contributed by atoms with Crippen molar-refractivity contribution in [3.8, 4) is 0 Å². The Balaban J connectivity index is 2.22. The first-order valence-electron chi connectivity index (χ1n) is 7.13. The lowest BCUT2D eigenvalue weighted by Gasteiger charge is -2.10. The third-order valence-corrected chi connectivity index (χ3v) is 6.44. The van der Waals surface area contributed by atoms with Crippen LogP contribution in [-0.2, 0) is 20.0 Å². The second-order valence-electron chi connectivity index (χ2n) is 4.96. The molecule has 130 valence electrons. The zero-order valence-corrected chi connectivity index (χ0v) is 15.2. The molecule has 0 radical (unpaired) electrons. The van der Waals surface area contributed by atoms with Crippen molar-refractivity contribution in [2.24, 2.45) is 0 Å². The summed E-state index contributed by atoms with van der Waals surface area (Å²) in [5.74, 6) is 0. The second kappa shape index (κ2) is 7.52. The maximum absolute atomic E-state index is 12.3. The first kappa shape index (κ1) is 18.7. The molecule has 0 aliphatic heterocycles. The fraction of sp³-hybridized carbons (Fsp3) is 0.200. The van der Waals surface area contributed by atoms with Crippen LogP contribution in [0.15, 0.2) is 58.3 Å². The van der Waals surface area contributed by atoms with E-state index < -0.39 is 20.0 Å². The molecule has 0 saturated heterocycles. The molecule has 0 aromatic heterocycles. The van der Waals surface area contributed by atoms with Crippen LogP contribution in [-0.4, -0.2) is 23.4 Å². The summed E-state index contributed by atoms with van der Waals surface area (Å²) in [4.78, 5) is 0.0182. The Labute approximate surface area is 147 Å². The Morgan fingerprint density at radius 3 is 2.12 bits per heavy atom. The van der Waals surface area contributed by atoms with E-state index in [1.807, 2.05) is 6.92 Å². The number of hydrogen-bond donors (Lipinski definition) is 2. The number of rotatable bonds is 7. The van der Waals surface area contributed by atoms with Crippen LogP contribution in [0.2, 0.25) is 5.02 Å². The van der Waals surface area contributed by atoms with Gasteiger partial charge in [0.15, 0.2) is 0 Å². The molecule has 2 rings (SSSR count). The molecule has 0 aliphatic carbocycles. The standard InChI is InChI=1S/C15H17ClN2O4S2/c1-2-11-17-23(19,20)13-9-7-12(8-10-13)18-24(21,22)15-6-4-3-5-14(15)16/h3-10,17-18H,2,11H2,1H3. The molecule has 0 atom stereocenters. The summed E-state index contributed by atoms with van der Waals surface area (Å²) in [7, 11) is -7.44. The van der Waals surface area contributed by atoms with Gasteiger partial charge in [0, 0.05) is 12.2 Å². The van der Waals surface area contributed by atoms with Crippen LogP contribution in [0.1, 0.15) is 13.3 Å². The van der Waals surface area contributed by atoms with Gasteiger partial charge in [-0.25, -0.2) is 21.6 Å². The summed E-state index contributed by atoms with van der Waals surface area (Å²) in [6, 6.07) is 11.5. The van der Waals surface area contributed by atoms with E-state index >= 15 is 0 Å². The van der Waals surface area contributed by atoms with Crippen LogP contribution in [0.5, 0.6) is 0 Å². The minimum absolute atomic E-state index is 0.0482. The number of halogens is 1. The SMILES string of the molecule is CCCNS(=O)(=O)c1ccc(NS(=O)(=O)c2ccccc2Cl)cc1. The normalized spacial score (nSPS) is 12.1. The van der Waals surface area contributed by atoms with E-state index in [0.29, 0.717) is 13.0 Å². The van der Waals surface area contributed by atoms with Crippen molar-refractivity contribution in [2.75, 3.05) is 11.3 Å². The molecule has 9 heteroatoms. The van der Waals surface area contributed by atoms with Gasteiger partial charge < -0.3 is 0 Å². The van der Waals surface area contributed by atoms with E-state index in [0.717, 1.165) is 0 Å². The van der Waals surface area contributed by atoms with Crippen LogP contribution in [0, 0.1) is 0 Å². The highest BCUT2D eigenvalue weighted by molar-refractivity contribution is 7.92. The molecule has 0 unspecified atom stereocenters. The molecule has 0 saturated carbocycles. The van der Waals surface area contributed by atoms with Crippen molar-refractivity contribution in [3.05, 3.63) is 53.6 Å². The van der Waals surface area contributed by atoms with E-state index in [4.69, 9.17) is 11.6 Å². The lowest BCUT2D eigenvalue weighted by Crippen LogP contribution is -2.24. The minimum Gasteiger partial charge on any atom is -0.280 e. The van der Waals surface area contributed by atoms with E-state index in [9.17, 15) is 16.8 Å². The summed E-state index contributed by atoms with van der Waals surface area (Å²) in [6.45, 7) is 2.19. The van der Waals surface area contributed by atoms with Crippen LogP contribution < -0.4 is 9.44 Å². The van der Waals surface area contributed by atoms with Crippen LogP contribution in [0.3, 0.4) is 0 Å². The first-order chi connectivity index (χ1) is 11.3. The smallest absolute Gasteiger partial charge is 0.263 e. The molecule has 0 aliphatic rings. The fourth-order valence-corrected chi connectivity index (χ4v) is 4.61. The molecule has 2 N–H and O–H groups in total. The highest BCUT2D eigenvalue weighted by Crippen LogP contribution is 2.23.